The molecule has 0 saturated heterocycles. The van der Waals surface area contributed by atoms with Crippen LogP contribution in [-0.4, -0.2) is 40.3 Å². The molecule has 0 radical (unpaired) electrons. The highest BCUT2D eigenvalue weighted by molar-refractivity contribution is 6.06. The van der Waals surface area contributed by atoms with Crippen molar-refractivity contribution in [1.82, 2.24) is 25.2 Å². The van der Waals surface area contributed by atoms with E-state index in [0.29, 0.717) is 38.6 Å². The lowest BCUT2D eigenvalue weighted by Crippen LogP contribution is -2.28. The van der Waals surface area contributed by atoms with E-state index in [1.807, 2.05) is 37.3 Å². The number of aryl methyl sites for hydroxylation is 1. The molecule has 36 heavy (non-hydrogen) atoms. The number of ether oxygens (including phenoxy) is 1. The largest absolute Gasteiger partial charge is 0.448 e. The molecule has 0 spiro atoms. The fourth-order valence-electron chi connectivity index (χ4n) is 4.18. The number of pyridine rings is 1. The summed E-state index contributed by atoms with van der Waals surface area (Å²) in [6, 6.07) is 16.2. The van der Waals surface area contributed by atoms with Crippen LogP contribution in [0.2, 0.25) is 0 Å². The number of nitrogens with two attached hydrogens (primary N) is 1. The van der Waals surface area contributed by atoms with E-state index in [2.05, 4.69) is 51.9 Å². The first kappa shape index (κ1) is 25.2. The van der Waals surface area contributed by atoms with E-state index < -0.39 is 6.09 Å². The maximum Gasteiger partial charge on any atom is 0.407 e. The van der Waals surface area contributed by atoms with Crippen molar-refractivity contribution in [3.63, 3.8) is 0 Å². The van der Waals surface area contributed by atoms with Gasteiger partial charge >= 0.3 is 6.09 Å². The van der Waals surface area contributed by atoms with Gasteiger partial charge in [-0.05, 0) is 30.5 Å². The number of amides is 1. The van der Waals surface area contributed by atoms with Gasteiger partial charge in [0.15, 0.2) is 5.82 Å². The van der Waals surface area contributed by atoms with E-state index in [1.165, 1.54) is 0 Å². The number of hydrogen-bond donors (Lipinski definition) is 3. The number of aromatic nitrogens is 3. The fourth-order valence-corrected chi connectivity index (χ4v) is 4.18. The summed E-state index contributed by atoms with van der Waals surface area (Å²) in [6.45, 7) is 10.6. The number of carbonyl (C=O) groups excluding carboxylic acids is 1. The van der Waals surface area contributed by atoms with Crippen LogP contribution in [0.5, 0.6) is 0 Å². The van der Waals surface area contributed by atoms with Crippen LogP contribution in [0, 0.1) is 0 Å². The minimum absolute atomic E-state index is 0.311. The minimum Gasteiger partial charge on any atom is -0.448 e. The Hall–Kier alpha value is -3.91. The van der Waals surface area contributed by atoms with E-state index in [9.17, 15) is 4.79 Å². The Morgan fingerprint density at radius 3 is 2.61 bits per heavy atom. The standard InChI is InChI=1S/C28H34N6O2/c1-4-7-24-33-25-26(22-8-5-6-9-23(22)32-27(25)29)34(24)18-21-12-10-20(11-13-21)17-31-28(35)36-15-14-30-16-19(2)3/h5-6,8-13,30H,2,4,7,14-18H2,1,3H3,(H2,29,32)(H,31,35). The summed E-state index contributed by atoms with van der Waals surface area (Å²) in [5, 5.41) is 7.00. The van der Waals surface area contributed by atoms with Crippen LogP contribution >= 0.6 is 0 Å². The topological polar surface area (TPSA) is 107 Å². The van der Waals surface area contributed by atoms with Gasteiger partial charge in [0.1, 0.15) is 17.9 Å². The van der Waals surface area contributed by atoms with Crippen LogP contribution in [0.3, 0.4) is 0 Å². The third-order valence-corrected chi connectivity index (χ3v) is 5.90. The number of nitrogens with one attached hydrogen (secondary N) is 2. The van der Waals surface area contributed by atoms with Gasteiger partial charge in [-0.3, -0.25) is 0 Å². The molecule has 8 heteroatoms. The fraction of sp³-hybridized carbons (Fsp3) is 0.321. The minimum atomic E-state index is -0.427. The van der Waals surface area contributed by atoms with Gasteiger partial charge in [0, 0.05) is 38.0 Å². The van der Waals surface area contributed by atoms with Gasteiger partial charge in [0.05, 0.1) is 11.0 Å². The van der Waals surface area contributed by atoms with Crippen molar-refractivity contribution in [2.75, 3.05) is 25.4 Å². The third kappa shape index (κ3) is 6.01. The van der Waals surface area contributed by atoms with Crippen molar-refractivity contribution in [3.05, 3.63) is 77.6 Å². The zero-order valence-electron chi connectivity index (χ0n) is 21.0. The summed E-state index contributed by atoms with van der Waals surface area (Å²) in [6.07, 6.45) is 1.41. The van der Waals surface area contributed by atoms with Gasteiger partial charge in [-0.1, -0.05) is 61.5 Å². The first-order chi connectivity index (χ1) is 17.5. The van der Waals surface area contributed by atoms with Gasteiger partial charge in [-0.25, -0.2) is 14.8 Å². The number of rotatable bonds is 11. The lowest BCUT2D eigenvalue weighted by molar-refractivity contribution is 0.146. The molecular weight excluding hydrogens is 452 g/mol. The molecule has 0 aliphatic carbocycles. The van der Waals surface area contributed by atoms with Crippen LogP contribution < -0.4 is 16.4 Å². The highest BCUT2D eigenvalue weighted by Gasteiger charge is 2.17. The first-order valence-corrected chi connectivity index (χ1v) is 12.3. The monoisotopic (exact) mass is 486 g/mol. The smallest absolute Gasteiger partial charge is 0.407 e. The van der Waals surface area contributed by atoms with Crippen LogP contribution in [0.25, 0.3) is 21.9 Å². The zero-order valence-corrected chi connectivity index (χ0v) is 21.0. The predicted octanol–water partition coefficient (Wildman–Crippen LogP) is 4.56. The highest BCUT2D eigenvalue weighted by atomic mass is 16.5. The van der Waals surface area contributed by atoms with Gasteiger partial charge < -0.3 is 25.7 Å². The molecule has 0 bridgehead atoms. The SMILES string of the molecule is C=C(C)CNCCOC(=O)NCc1ccc(Cn2c(CCC)nc3c(N)nc4ccccc4c32)cc1. The molecule has 2 heterocycles. The van der Waals surface area contributed by atoms with Crippen molar-refractivity contribution >= 4 is 33.8 Å². The molecule has 0 saturated carbocycles. The molecule has 0 unspecified atom stereocenters. The van der Waals surface area contributed by atoms with E-state index in [0.717, 1.165) is 57.3 Å². The van der Waals surface area contributed by atoms with Crippen LogP contribution in [0.15, 0.2) is 60.7 Å². The van der Waals surface area contributed by atoms with Gasteiger partial charge in [-0.15, -0.1) is 0 Å². The average Bonchev–Trinajstić information content (AvgIpc) is 3.22. The second-order valence-electron chi connectivity index (χ2n) is 9.02. The Morgan fingerprint density at radius 2 is 1.86 bits per heavy atom. The van der Waals surface area contributed by atoms with E-state index >= 15 is 0 Å². The molecular formula is C28H34N6O2. The van der Waals surface area contributed by atoms with Gasteiger partial charge in [0.25, 0.3) is 0 Å². The summed E-state index contributed by atoms with van der Waals surface area (Å²) in [7, 11) is 0. The first-order valence-electron chi connectivity index (χ1n) is 12.3. The predicted molar refractivity (Wildman–Crippen MR) is 145 cm³/mol. The maximum atomic E-state index is 11.9. The summed E-state index contributed by atoms with van der Waals surface area (Å²) in [5.41, 5.74) is 12.1. The normalized spacial score (nSPS) is 11.2. The van der Waals surface area contributed by atoms with Crippen molar-refractivity contribution in [2.24, 2.45) is 0 Å². The summed E-state index contributed by atoms with van der Waals surface area (Å²) < 4.78 is 7.45. The lowest BCUT2D eigenvalue weighted by Gasteiger charge is -2.12. The van der Waals surface area contributed by atoms with Crippen LogP contribution in [0.4, 0.5) is 10.6 Å². The number of imidazole rings is 1. The number of anilines is 1. The molecule has 0 atom stereocenters. The molecule has 0 aliphatic heterocycles. The Morgan fingerprint density at radius 1 is 1.11 bits per heavy atom. The molecule has 0 fully saturated rings. The number of carbonyl (C=O) groups is 1. The summed E-state index contributed by atoms with van der Waals surface area (Å²) >= 11 is 0. The quantitative estimate of drug-likeness (QED) is 0.212. The second-order valence-corrected chi connectivity index (χ2v) is 9.02. The number of benzene rings is 2. The maximum absolute atomic E-state index is 11.9. The number of para-hydroxylation sites is 1. The molecule has 1 amide bonds. The van der Waals surface area contributed by atoms with Crippen molar-refractivity contribution in [1.29, 1.82) is 0 Å². The van der Waals surface area contributed by atoms with E-state index in [4.69, 9.17) is 15.5 Å². The van der Waals surface area contributed by atoms with E-state index in [1.54, 1.807) is 0 Å². The number of alkyl carbamates (subject to hydrolysis) is 1. The lowest BCUT2D eigenvalue weighted by atomic mass is 10.1. The zero-order chi connectivity index (χ0) is 25.5. The Balaban J connectivity index is 1.44. The summed E-state index contributed by atoms with van der Waals surface area (Å²) in [5.74, 6) is 1.46. The van der Waals surface area contributed by atoms with E-state index in [-0.39, 0.29) is 0 Å². The molecule has 2 aromatic heterocycles. The van der Waals surface area contributed by atoms with Crippen molar-refractivity contribution in [2.45, 2.75) is 39.8 Å². The number of nitrogens with zero attached hydrogens (tertiary/aromatic N) is 3. The van der Waals surface area contributed by atoms with Gasteiger partial charge in [0.2, 0.25) is 0 Å². The average molecular weight is 487 g/mol. The highest BCUT2D eigenvalue weighted by Crippen LogP contribution is 2.29. The molecule has 4 rings (SSSR count). The van der Waals surface area contributed by atoms with Crippen LogP contribution in [-0.2, 0) is 24.2 Å². The van der Waals surface area contributed by atoms with Crippen molar-refractivity contribution < 1.29 is 9.53 Å². The number of fused-ring (bicyclic) bond motifs is 3. The Kier molecular flexibility index (Phi) is 8.17. The molecule has 8 nitrogen and oxygen atoms in total. The molecule has 0 aliphatic rings. The molecule has 188 valence electrons. The Bertz CT molecular complexity index is 1360. The summed E-state index contributed by atoms with van der Waals surface area (Å²) in [4.78, 5) is 21.4. The van der Waals surface area contributed by atoms with Crippen molar-refractivity contribution in [3.8, 4) is 0 Å². The Labute approximate surface area is 211 Å². The molecule has 4 aromatic rings. The third-order valence-electron chi connectivity index (χ3n) is 5.90. The number of hydrogen-bond acceptors (Lipinski definition) is 6. The van der Waals surface area contributed by atoms with Gasteiger partial charge in [-0.2, -0.15) is 0 Å². The number of nitrogen functional groups attached to an aromatic ring is 1. The molecule has 2 aromatic carbocycles. The second kappa shape index (κ2) is 11.7. The molecule has 4 N–H and O–H groups in total. The van der Waals surface area contributed by atoms with Crippen LogP contribution in [0.1, 0.15) is 37.2 Å².